The number of hydrogen-bond acceptors (Lipinski definition) is 3. The number of nitrogens with zero attached hydrogens (tertiary/aromatic N) is 2. The molecule has 1 aromatic heterocycles. The molecule has 1 aromatic rings. The van der Waals surface area contributed by atoms with Crippen molar-refractivity contribution >= 4 is 5.82 Å². The number of hydrogen-bond donors (Lipinski definition) is 2. The van der Waals surface area contributed by atoms with Gasteiger partial charge in [-0.1, -0.05) is 0 Å². The van der Waals surface area contributed by atoms with Crippen molar-refractivity contribution in [2.45, 2.75) is 25.9 Å². The van der Waals surface area contributed by atoms with E-state index >= 15 is 0 Å². The van der Waals surface area contributed by atoms with Crippen LogP contribution in [0.3, 0.4) is 0 Å². The lowest BCUT2D eigenvalue weighted by atomic mass is 10.1. The molecule has 2 rings (SSSR count). The first-order chi connectivity index (χ1) is 6.22. The fourth-order valence-electron chi connectivity index (χ4n) is 1.75. The first-order valence-electron chi connectivity index (χ1n) is 4.73. The summed E-state index contributed by atoms with van der Waals surface area (Å²) >= 11 is 0. The third-order valence-electron chi connectivity index (χ3n) is 2.60. The number of rotatable bonds is 1. The molecule has 4 nitrogen and oxygen atoms in total. The molecule has 2 N–H and O–H groups in total. The summed E-state index contributed by atoms with van der Waals surface area (Å²) in [6, 6.07) is 2.96. The van der Waals surface area contributed by atoms with Crippen molar-refractivity contribution in [2.75, 3.05) is 18.9 Å². The first kappa shape index (κ1) is 8.56. The van der Waals surface area contributed by atoms with E-state index in [0.717, 1.165) is 12.4 Å². The Balaban J connectivity index is 2.41. The van der Waals surface area contributed by atoms with Crippen molar-refractivity contribution in [1.29, 1.82) is 0 Å². The van der Waals surface area contributed by atoms with E-state index in [1.807, 2.05) is 7.05 Å². The molecule has 4 heteroatoms. The van der Waals surface area contributed by atoms with Gasteiger partial charge in [0, 0.05) is 25.7 Å². The zero-order valence-electron chi connectivity index (χ0n) is 8.33. The highest BCUT2D eigenvalue weighted by Crippen LogP contribution is 2.24. The van der Waals surface area contributed by atoms with Gasteiger partial charge in [-0.15, -0.1) is 0 Å². The molecule has 2 atom stereocenters. The number of anilines is 1. The van der Waals surface area contributed by atoms with Crippen LogP contribution in [0, 0.1) is 0 Å². The second-order valence-corrected chi connectivity index (χ2v) is 3.63. The number of nitrogens with one attached hydrogen (secondary N) is 2. The molecule has 0 amide bonds. The van der Waals surface area contributed by atoms with Crippen LogP contribution in [0.2, 0.25) is 0 Å². The molecule has 13 heavy (non-hydrogen) atoms. The van der Waals surface area contributed by atoms with Crippen LogP contribution in [-0.2, 0) is 0 Å². The van der Waals surface area contributed by atoms with Crippen molar-refractivity contribution in [3.05, 3.63) is 11.8 Å². The van der Waals surface area contributed by atoms with Crippen LogP contribution >= 0.6 is 0 Å². The SMILES string of the molecule is CNc1cc2n(n1)C(C)CNC2C. The monoisotopic (exact) mass is 180 g/mol. The molecular formula is C9H16N4. The second-order valence-electron chi connectivity index (χ2n) is 3.63. The molecule has 0 saturated carbocycles. The van der Waals surface area contributed by atoms with Gasteiger partial charge in [-0.3, -0.25) is 4.68 Å². The topological polar surface area (TPSA) is 41.9 Å². The first-order valence-corrected chi connectivity index (χ1v) is 4.73. The Hall–Kier alpha value is -1.03. The van der Waals surface area contributed by atoms with Crippen LogP contribution in [-0.4, -0.2) is 23.4 Å². The van der Waals surface area contributed by atoms with Gasteiger partial charge in [-0.2, -0.15) is 5.10 Å². The highest BCUT2D eigenvalue weighted by Gasteiger charge is 2.22. The van der Waals surface area contributed by atoms with Gasteiger partial charge in [-0.25, -0.2) is 0 Å². The fourth-order valence-corrected chi connectivity index (χ4v) is 1.75. The van der Waals surface area contributed by atoms with E-state index in [9.17, 15) is 0 Å². The fraction of sp³-hybridized carbons (Fsp3) is 0.667. The van der Waals surface area contributed by atoms with E-state index in [-0.39, 0.29) is 0 Å². The molecular weight excluding hydrogens is 164 g/mol. The Morgan fingerprint density at radius 1 is 1.62 bits per heavy atom. The summed E-state index contributed by atoms with van der Waals surface area (Å²) in [4.78, 5) is 0. The van der Waals surface area contributed by atoms with Crippen LogP contribution in [0.15, 0.2) is 6.07 Å². The molecule has 0 aliphatic carbocycles. The normalized spacial score (nSPS) is 27.0. The minimum Gasteiger partial charge on any atom is -0.372 e. The van der Waals surface area contributed by atoms with Gasteiger partial charge < -0.3 is 10.6 Å². The Labute approximate surface area is 78.3 Å². The quantitative estimate of drug-likeness (QED) is 0.681. The van der Waals surface area contributed by atoms with Gasteiger partial charge >= 0.3 is 0 Å². The van der Waals surface area contributed by atoms with Gasteiger partial charge in [-0.05, 0) is 13.8 Å². The minimum absolute atomic E-state index is 0.408. The predicted molar refractivity (Wildman–Crippen MR) is 52.9 cm³/mol. The van der Waals surface area contributed by atoms with Gasteiger partial charge in [0.15, 0.2) is 0 Å². The lowest BCUT2D eigenvalue weighted by Crippen LogP contribution is -2.34. The molecule has 0 saturated heterocycles. The third kappa shape index (κ3) is 1.31. The van der Waals surface area contributed by atoms with Crippen LogP contribution < -0.4 is 10.6 Å². The van der Waals surface area contributed by atoms with Crippen LogP contribution in [0.4, 0.5) is 5.82 Å². The summed E-state index contributed by atoms with van der Waals surface area (Å²) in [7, 11) is 1.90. The smallest absolute Gasteiger partial charge is 0.148 e. The van der Waals surface area contributed by atoms with E-state index in [2.05, 4.69) is 40.3 Å². The van der Waals surface area contributed by atoms with Gasteiger partial charge in [0.25, 0.3) is 0 Å². The third-order valence-corrected chi connectivity index (χ3v) is 2.60. The summed E-state index contributed by atoms with van der Waals surface area (Å²) in [5.41, 5.74) is 1.27. The molecule has 72 valence electrons. The Kier molecular flexibility index (Phi) is 2.00. The van der Waals surface area contributed by atoms with Crippen LogP contribution in [0.25, 0.3) is 0 Å². The Morgan fingerprint density at radius 2 is 2.38 bits per heavy atom. The summed E-state index contributed by atoms with van der Waals surface area (Å²) in [5, 5.41) is 11.0. The molecule has 0 radical (unpaired) electrons. The maximum atomic E-state index is 4.47. The van der Waals surface area contributed by atoms with Crippen LogP contribution in [0.5, 0.6) is 0 Å². The van der Waals surface area contributed by atoms with Gasteiger partial charge in [0.05, 0.1) is 11.7 Å². The van der Waals surface area contributed by atoms with Crippen molar-refractivity contribution in [1.82, 2.24) is 15.1 Å². The number of fused-ring (bicyclic) bond motifs is 1. The zero-order chi connectivity index (χ0) is 9.42. The zero-order valence-corrected chi connectivity index (χ0v) is 8.33. The van der Waals surface area contributed by atoms with Crippen molar-refractivity contribution in [3.8, 4) is 0 Å². The maximum Gasteiger partial charge on any atom is 0.148 e. The summed E-state index contributed by atoms with van der Waals surface area (Å²) in [6.07, 6.45) is 0. The minimum atomic E-state index is 0.408. The van der Waals surface area contributed by atoms with E-state index in [1.54, 1.807) is 0 Å². The summed E-state index contributed by atoms with van der Waals surface area (Å²) in [5.74, 6) is 0.956. The second kappa shape index (κ2) is 3.03. The van der Waals surface area contributed by atoms with Crippen molar-refractivity contribution < 1.29 is 0 Å². The molecule has 2 heterocycles. The summed E-state index contributed by atoms with van der Waals surface area (Å²) in [6.45, 7) is 5.34. The van der Waals surface area contributed by atoms with E-state index in [1.165, 1.54) is 5.69 Å². The molecule has 0 fully saturated rings. The Morgan fingerprint density at radius 3 is 3.00 bits per heavy atom. The maximum absolute atomic E-state index is 4.47. The lowest BCUT2D eigenvalue weighted by molar-refractivity contribution is 0.354. The average molecular weight is 180 g/mol. The van der Waals surface area contributed by atoms with Gasteiger partial charge in [0.2, 0.25) is 0 Å². The van der Waals surface area contributed by atoms with E-state index in [0.29, 0.717) is 12.1 Å². The Bertz CT molecular complexity index is 277. The van der Waals surface area contributed by atoms with Crippen molar-refractivity contribution in [2.24, 2.45) is 0 Å². The molecule has 1 aliphatic heterocycles. The molecule has 0 spiro atoms. The standard InChI is InChI=1S/C9H16N4/c1-6-5-11-7(2)8-4-9(10-3)12-13(6)8/h4,6-7,11H,5H2,1-3H3,(H,10,12). The highest BCUT2D eigenvalue weighted by atomic mass is 15.4. The predicted octanol–water partition coefficient (Wildman–Crippen LogP) is 1.15. The molecule has 0 aromatic carbocycles. The lowest BCUT2D eigenvalue weighted by Gasteiger charge is -2.26. The van der Waals surface area contributed by atoms with E-state index in [4.69, 9.17) is 0 Å². The summed E-state index contributed by atoms with van der Waals surface area (Å²) < 4.78 is 2.10. The average Bonchev–Trinajstić information content (AvgIpc) is 2.56. The number of aromatic nitrogens is 2. The largest absolute Gasteiger partial charge is 0.372 e. The highest BCUT2D eigenvalue weighted by molar-refractivity contribution is 5.36. The molecule has 0 bridgehead atoms. The van der Waals surface area contributed by atoms with Crippen molar-refractivity contribution in [3.63, 3.8) is 0 Å². The van der Waals surface area contributed by atoms with Gasteiger partial charge in [0.1, 0.15) is 5.82 Å². The molecule has 2 unspecified atom stereocenters. The van der Waals surface area contributed by atoms with E-state index < -0.39 is 0 Å². The molecule has 1 aliphatic rings. The van der Waals surface area contributed by atoms with Crippen LogP contribution in [0.1, 0.15) is 31.6 Å².